The topological polar surface area (TPSA) is 96.0 Å². The molecular weight excluding hydrogens is 330 g/mol. The van der Waals surface area contributed by atoms with Crippen LogP contribution in [-0.2, 0) is 10.0 Å². The number of sulfonamides is 1. The van der Waals surface area contributed by atoms with Crippen molar-refractivity contribution in [3.63, 3.8) is 0 Å². The maximum absolute atomic E-state index is 12.1. The standard InChI is InChI=1S/C8H12BrN3O3S2/c1-5-3-7(16-8(5)9)17(14,15)12(2)4-6(10)11-13/h3,13H,4H2,1-2H3,(H2,10,11). The van der Waals surface area contributed by atoms with Crippen molar-refractivity contribution in [2.45, 2.75) is 11.1 Å². The number of thiophene rings is 1. The van der Waals surface area contributed by atoms with E-state index < -0.39 is 10.0 Å². The second-order valence-electron chi connectivity index (χ2n) is 3.37. The quantitative estimate of drug-likeness (QED) is 0.372. The summed E-state index contributed by atoms with van der Waals surface area (Å²) in [5, 5.41) is 11.1. The average Bonchev–Trinajstić information content (AvgIpc) is 2.59. The molecule has 96 valence electrons. The Morgan fingerprint density at radius 3 is 2.71 bits per heavy atom. The normalized spacial score (nSPS) is 13.3. The zero-order valence-electron chi connectivity index (χ0n) is 9.21. The van der Waals surface area contributed by atoms with Crippen molar-refractivity contribution in [2.75, 3.05) is 13.6 Å². The van der Waals surface area contributed by atoms with Crippen LogP contribution in [0.2, 0.25) is 0 Å². The number of nitrogens with zero attached hydrogens (tertiary/aromatic N) is 2. The molecule has 6 nitrogen and oxygen atoms in total. The van der Waals surface area contributed by atoms with E-state index in [2.05, 4.69) is 21.1 Å². The molecule has 1 aromatic rings. The minimum absolute atomic E-state index is 0.159. The Labute approximate surface area is 112 Å². The summed E-state index contributed by atoms with van der Waals surface area (Å²) in [6.07, 6.45) is 0. The number of oxime groups is 1. The molecule has 17 heavy (non-hydrogen) atoms. The third-order valence-electron chi connectivity index (χ3n) is 2.01. The molecule has 0 saturated carbocycles. The van der Waals surface area contributed by atoms with Crippen LogP contribution in [0.3, 0.4) is 0 Å². The number of likely N-dealkylation sites (N-methyl/N-ethyl adjacent to an activating group) is 1. The number of rotatable bonds is 4. The van der Waals surface area contributed by atoms with Crippen molar-refractivity contribution < 1.29 is 13.6 Å². The van der Waals surface area contributed by atoms with E-state index in [9.17, 15) is 8.42 Å². The number of halogens is 1. The first-order valence-corrected chi connectivity index (χ1v) is 7.52. The maximum atomic E-state index is 12.1. The van der Waals surface area contributed by atoms with Crippen molar-refractivity contribution >= 4 is 43.1 Å². The van der Waals surface area contributed by atoms with Gasteiger partial charge in [0.2, 0.25) is 0 Å². The third-order valence-corrected chi connectivity index (χ3v) is 6.40. The van der Waals surface area contributed by atoms with Gasteiger partial charge in [0.25, 0.3) is 10.0 Å². The Morgan fingerprint density at radius 2 is 2.29 bits per heavy atom. The molecule has 9 heteroatoms. The Morgan fingerprint density at radius 1 is 1.71 bits per heavy atom. The summed E-state index contributed by atoms with van der Waals surface area (Å²) < 4.78 is 26.2. The minimum Gasteiger partial charge on any atom is -0.409 e. The molecule has 1 aromatic heterocycles. The molecule has 0 amide bonds. The monoisotopic (exact) mass is 341 g/mol. The fourth-order valence-corrected chi connectivity index (χ4v) is 4.64. The highest BCUT2D eigenvalue weighted by molar-refractivity contribution is 9.11. The maximum Gasteiger partial charge on any atom is 0.252 e. The molecule has 0 aliphatic heterocycles. The lowest BCUT2D eigenvalue weighted by molar-refractivity contribution is 0.315. The second kappa shape index (κ2) is 5.34. The van der Waals surface area contributed by atoms with Gasteiger partial charge in [-0.05, 0) is 34.5 Å². The smallest absolute Gasteiger partial charge is 0.252 e. The first-order chi connectivity index (χ1) is 7.78. The van der Waals surface area contributed by atoms with Gasteiger partial charge in [0.05, 0.1) is 10.3 Å². The first-order valence-electron chi connectivity index (χ1n) is 4.47. The summed E-state index contributed by atoms with van der Waals surface area (Å²) in [4.78, 5) is 0. The molecule has 0 aliphatic rings. The number of amidine groups is 1. The van der Waals surface area contributed by atoms with Crippen LogP contribution in [-0.4, -0.2) is 37.4 Å². The fraction of sp³-hybridized carbons (Fsp3) is 0.375. The lowest BCUT2D eigenvalue weighted by Gasteiger charge is -2.14. The summed E-state index contributed by atoms with van der Waals surface area (Å²) in [7, 11) is -2.22. The predicted octanol–water partition coefficient (Wildman–Crippen LogP) is 1.19. The van der Waals surface area contributed by atoms with Crippen LogP contribution in [0.5, 0.6) is 0 Å². The molecule has 0 fully saturated rings. The highest BCUT2D eigenvalue weighted by Crippen LogP contribution is 2.31. The number of hydrogen-bond acceptors (Lipinski definition) is 5. The molecule has 0 bridgehead atoms. The van der Waals surface area contributed by atoms with Crippen molar-refractivity contribution in [3.05, 3.63) is 15.4 Å². The van der Waals surface area contributed by atoms with Gasteiger partial charge in [0.15, 0.2) is 5.84 Å². The van der Waals surface area contributed by atoms with Crippen LogP contribution in [0.15, 0.2) is 19.2 Å². The van der Waals surface area contributed by atoms with Crippen LogP contribution >= 0.6 is 27.3 Å². The fourth-order valence-electron chi connectivity index (χ4n) is 1.06. The largest absolute Gasteiger partial charge is 0.409 e. The minimum atomic E-state index is -3.60. The van der Waals surface area contributed by atoms with E-state index in [-0.39, 0.29) is 16.6 Å². The van der Waals surface area contributed by atoms with Gasteiger partial charge in [-0.3, -0.25) is 0 Å². The SMILES string of the molecule is Cc1cc(S(=O)(=O)N(C)CC(N)=NO)sc1Br. The second-order valence-corrected chi connectivity index (χ2v) is 8.02. The van der Waals surface area contributed by atoms with E-state index in [0.29, 0.717) is 0 Å². The number of nitrogens with two attached hydrogens (primary N) is 1. The first kappa shape index (κ1) is 14.4. The van der Waals surface area contributed by atoms with Gasteiger partial charge >= 0.3 is 0 Å². The van der Waals surface area contributed by atoms with Crippen molar-refractivity contribution in [1.82, 2.24) is 4.31 Å². The highest BCUT2D eigenvalue weighted by atomic mass is 79.9. The Balaban J connectivity index is 3.03. The van der Waals surface area contributed by atoms with E-state index >= 15 is 0 Å². The zero-order chi connectivity index (χ0) is 13.2. The number of hydrogen-bond donors (Lipinski definition) is 2. The molecule has 0 aliphatic carbocycles. The third kappa shape index (κ3) is 3.18. The molecule has 0 radical (unpaired) electrons. The highest BCUT2D eigenvalue weighted by Gasteiger charge is 2.24. The van der Waals surface area contributed by atoms with Crippen LogP contribution < -0.4 is 5.73 Å². The predicted molar refractivity (Wildman–Crippen MR) is 70.0 cm³/mol. The lowest BCUT2D eigenvalue weighted by atomic mass is 10.4. The Kier molecular flexibility index (Phi) is 4.53. The molecular formula is C8H12BrN3O3S2. The van der Waals surface area contributed by atoms with Gasteiger partial charge in [0, 0.05) is 7.05 Å². The van der Waals surface area contributed by atoms with E-state index in [4.69, 9.17) is 10.9 Å². The van der Waals surface area contributed by atoms with Crippen molar-refractivity contribution in [3.8, 4) is 0 Å². The van der Waals surface area contributed by atoms with Gasteiger partial charge < -0.3 is 10.9 Å². The average molecular weight is 342 g/mol. The molecule has 1 heterocycles. The van der Waals surface area contributed by atoms with Gasteiger partial charge in [-0.25, -0.2) is 8.42 Å². The summed E-state index contributed by atoms with van der Waals surface area (Å²) in [6.45, 7) is 1.65. The molecule has 1 rings (SSSR count). The van der Waals surface area contributed by atoms with Gasteiger partial charge in [-0.15, -0.1) is 11.3 Å². The molecule has 0 unspecified atom stereocenters. The lowest BCUT2D eigenvalue weighted by Crippen LogP contribution is -2.35. The summed E-state index contributed by atoms with van der Waals surface area (Å²) in [5.41, 5.74) is 6.12. The van der Waals surface area contributed by atoms with Gasteiger partial charge in [-0.1, -0.05) is 5.16 Å². The van der Waals surface area contributed by atoms with E-state index in [0.717, 1.165) is 25.0 Å². The van der Waals surface area contributed by atoms with Gasteiger partial charge in [0.1, 0.15) is 4.21 Å². The van der Waals surface area contributed by atoms with Crippen LogP contribution in [0.4, 0.5) is 0 Å². The summed E-state index contributed by atoms with van der Waals surface area (Å²) >= 11 is 4.40. The Bertz CT molecular complexity index is 519. The Hall–Kier alpha value is -0.640. The molecule has 3 N–H and O–H groups in total. The number of aryl methyl sites for hydroxylation is 1. The van der Waals surface area contributed by atoms with Crippen LogP contribution in [0.25, 0.3) is 0 Å². The molecule has 0 spiro atoms. The molecule has 0 aromatic carbocycles. The molecule has 0 saturated heterocycles. The van der Waals surface area contributed by atoms with E-state index in [1.54, 1.807) is 6.07 Å². The van der Waals surface area contributed by atoms with Gasteiger partial charge in [-0.2, -0.15) is 4.31 Å². The van der Waals surface area contributed by atoms with Crippen LogP contribution in [0.1, 0.15) is 5.56 Å². The molecule has 0 atom stereocenters. The zero-order valence-corrected chi connectivity index (χ0v) is 12.4. The van der Waals surface area contributed by atoms with Crippen LogP contribution in [0, 0.1) is 6.92 Å². The van der Waals surface area contributed by atoms with E-state index in [1.165, 1.54) is 7.05 Å². The summed E-state index contributed by atoms with van der Waals surface area (Å²) in [5.74, 6) is -0.164. The summed E-state index contributed by atoms with van der Waals surface area (Å²) in [6, 6.07) is 1.58. The van der Waals surface area contributed by atoms with E-state index in [1.807, 2.05) is 6.92 Å². The van der Waals surface area contributed by atoms with Crippen molar-refractivity contribution in [2.24, 2.45) is 10.9 Å². The van der Waals surface area contributed by atoms with Crippen molar-refractivity contribution in [1.29, 1.82) is 0 Å².